The van der Waals surface area contributed by atoms with Crippen molar-refractivity contribution in [2.75, 3.05) is 0 Å². The zero-order valence-electron chi connectivity index (χ0n) is 38.3. The van der Waals surface area contributed by atoms with Gasteiger partial charge in [-0.15, -0.1) is 53.6 Å². The third-order valence-corrected chi connectivity index (χ3v) is 14.1. The van der Waals surface area contributed by atoms with Crippen molar-refractivity contribution in [1.29, 1.82) is 0 Å². The summed E-state index contributed by atoms with van der Waals surface area (Å²) in [5, 5.41) is 5.94. The molecule has 0 aliphatic rings. The molecule has 5 nitrogen and oxygen atoms in total. The van der Waals surface area contributed by atoms with Crippen LogP contribution in [-0.4, -0.2) is 27.6 Å². The van der Waals surface area contributed by atoms with Gasteiger partial charge in [-0.2, -0.15) is 0 Å². The third-order valence-electron chi connectivity index (χ3n) is 12.0. The number of hydrogen-bond acceptors (Lipinski definition) is 4. The predicted molar refractivity (Wildman–Crippen MR) is 260 cm³/mol. The quantitative estimate of drug-likeness (QED) is 0.118. The maximum Gasteiger partial charge on any atom is 0.216 e. The van der Waals surface area contributed by atoms with Crippen molar-refractivity contribution in [2.24, 2.45) is 5.92 Å². The molecule has 0 aliphatic carbocycles. The second-order valence-electron chi connectivity index (χ2n) is 19.1. The molecule has 9 aromatic rings. The van der Waals surface area contributed by atoms with E-state index >= 15 is 0 Å². The topological polar surface area (TPSA) is 56.7 Å². The first-order valence-electron chi connectivity index (χ1n) is 21.7. The Kier molecular flexibility index (Phi) is 12.7. The Morgan fingerprint density at radius 2 is 1.53 bits per heavy atom. The van der Waals surface area contributed by atoms with E-state index in [0.29, 0.717) is 5.71 Å². The Labute approximate surface area is 382 Å². The van der Waals surface area contributed by atoms with E-state index in [2.05, 4.69) is 184 Å². The molecular formula is C55H58IrN4OSi-2. The summed E-state index contributed by atoms with van der Waals surface area (Å²) in [4.78, 5) is 14.9. The maximum atomic E-state index is 6.61. The molecule has 0 N–H and O–H groups in total. The average molecular weight is 1010 g/mol. The number of imidazole rings is 1. The number of hydrogen-bond donors (Lipinski definition) is 0. The van der Waals surface area contributed by atoms with Crippen molar-refractivity contribution < 1.29 is 24.5 Å². The second kappa shape index (κ2) is 17.5. The van der Waals surface area contributed by atoms with Crippen LogP contribution in [0.2, 0.25) is 19.6 Å². The van der Waals surface area contributed by atoms with Crippen LogP contribution in [0.15, 0.2) is 108 Å². The number of aromatic nitrogens is 4. The van der Waals surface area contributed by atoms with Crippen LogP contribution < -0.4 is 5.19 Å². The molecule has 319 valence electrons. The van der Waals surface area contributed by atoms with Crippen molar-refractivity contribution in [2.45, 2.75) is 100 Å². The van der Waals surface area contributed by atoms with Gasteiger partial charge in [-0.25, -0.2) is 4.98 Å². The van der Waals surface area contributed by atoms with Crippen LogP contribution >= 0.6 is 0 Å². The molecule has 0 saturated carbocycles. The number of nitrogens with zero attached hydrogens (tertiary/aromatic N) is 4. The van der Waals surface area contributed by atoms with E-state index in [1.165, 1.54) is 44.6 Å². The van der Waals surface area contributed by atoms with Crippen LogP contribution in [0, 0.1) is 45.7 Å². The molecule has 1 radical (unpaired) electrons. The van der Waals surface area contributed by atoms with Crippen LogP contribution in [0.5, 0.6) is 0 Å². The number of benzene rings is 5. The summed E-state index contributed by atoms with van der Waals surface area (Å²) in [5.74, 6) is 1.54. The van der Waals surface area contributed by atoms with E-state index < -0.39 is 8.07 Å². The summed E-state index contributed by atoms with van der Waals surface area (Å²) in [7, 11) is -1.35. The molecule has 1 atom stereocenters. The van der Waals surface area contributed by atoms with Gasteiger partial charge in [0.05, 0.1) is 30.5 Å². The standard InChI is InChI=1S/C36H32N3O.C19H26NSi.Ir/c1-20-18-22(3)31(23(4)19-20)39-32-25-11-9-8-10-24(25)13-16-28(32)37-34(39)27-14-12-21(2)30-26-15-17-29(36(5,6)7)38-35(26)40-33(27)30;1-6-15(2)12-17-13-18(16-10-8-7-9-11-16)20-14-19(17)21(3,4)5;/h8-13,15-19H,1-7H3;7-10,13-15H,6,12H2,1-5H3;/q2*-1;. The molecular weight excluding hydrogens is 953 g/mol. The molecule has 1 unspecified atom stereocenters. The summed E-state index contributed by atoms with van der Waals surface area (Å²) in [6, 6.07) is 40.9. The summed E-state index contributed by atoms with van der Waals surface area (Å²) in [5.41, 5.74) is 14.8. The minimum Gasteiger partial charge on any atom is -0.486 e. The number of rotatable bonds is 7. The molecule has 7 heteroatoms. The largest absolute Gasteiger partial charge is 0.486 e. The monoisotopic (exact) mass is 1010 g/mol. The number of furan rings is 1. The Hall–Kier alpha value is -5.20. The van der Waals surface area contributed by atoms with Crippen molar-refractivity contribution in [1.82, 2.24) is 19.5 Å². The second-order valence-corrected chi connectivity index (χ2v) is 24.1. The first-order chi connectivity index (χ1) is 29.0. The van der Waals surface area contributed by atoms with Crippen LogP contribution in [-0.2, 0) is 31.9 Å². The fraction of sp³-hybridized carbons (Fsp3) is 0.291. The van der Waals surface area contributed by atoms with Gasteiger partial charge < -0.3 is 14.0 Å². The first kappa shape index (κ1) is 44.8. The van der Waals surface area contributed by atoms with Gasteiger partial charge in [0.2, 0.25) is 5.71 Å². The number of aryl methyl sites for hydroxylation is 4. The smallest absolute Gasteiger partial charge is 0.216 e. The minimum absolute atomic E-state index is 0. The van der Waals surface area contributed by atoms with Crippen molar-refractivity contribution in [3.63, 3.8) is 0 Å². The van der Waals surface area contributed by atoms with Gasteiger partial charge in [-0.1, -0.05) is 138 Å². The maximum absolute atomic E-state index is 6.61. The van der Waals surface area contributed by atoms with Gasteiger partial charge in [-0.05, 0) is 78.7 Å². The average Bonchev–Trinajstić information content (AvgIpc) is 3.80. The summed E-state index contributed by atoms with van der Waals surface area (Å²) in [6.07, 6.45) is 4.50. The van der Waals surface area contributed by atoms with E-state index in [-0.39, 0.29) is 25.5 Å². The van der Waals surface area contributed by atoms with Crippen molar-refractivity contribution in [3.8, 4) is 28.3 Å². The summed E-state index contributed by atoms with van der Waals surface area (Å²) in [6.45, 7) is 27.0. The normalized spacial score (nSPS) is 12.5. The minimum atomic E-state index is -1.35. The fourth-order valence-electron chi connectivity index (χ4n) is 8.76. The molecule has 0 spiro atoms. The van der Waals surface area contributed by atoms with Gasteiger partial charge in [0.15, 0.2) is 0 Å². The number of pyridine rings is 2. The first-order valence-corrected chi connectivity index (χ1v) is 25.2. The number of fused-ring (bicyclic) bond motifs is 6. The molecule has 0 fully saturated rings. The van der Waals surface area contributed by atoms with Gasteiger partial charge in [0.1, 0.15) is 0 Å². The molecule has 0 saturated heterocycles. The van der Waals surface area contributed by atoms with Crippen LogP contribution in [0.1, 0.15) is 74.6 Å². The molecule has 62 heavy (non-hydrogen) atoms. The van der Waals surface area contributed by atoms with E-state index in [9.17, 15) is 0 Å². The van der Waals surface area contributed by atoms with Crippen LogP contribution in [0.3, 0.4) is 0 Å². The van der Waals surface area contributed by atoms with E-state index in [1.54, 1.807) is 0 Å². The van der Waals surface area contributed by atoms with Gasteiger partial charge in [0, 0.05) is 53.9 Å². The van der Waals surface area contributed by atoms with Gasteiger partial charge >= 0.3 is 0 Å². The zero-order chi connectivity index (χ0) is 43.4. The van der Waals surface area contributed by atoms with Crippen LogP contribution in [0.4, 0.5) is 0 Å². The fourth-order valence-corrected chi connectivity index (χ4v) is 10.3. The molecule has 4 heterocycles. The summed E-state index contributed by atoms with van der Waals surface area (Å²) < 4.78 is 8.94. The molecule has 9 rings (SSSR count). The van der Waals surface area contributed by atoms with Crippen LogP contribution in [0.25, 0.3) is 72.2 Å². The summed E-state index contributed by atoms with van der Waals surface area (Å²) >= 11 is 0. The van der Waals surface area contributed by atoms with Gasteiger partial charge in [-0.3, -0.25) is 4.98 Å². The molecule has 5 aromatic carbocycles. The van der Waals surface area contributed by atoms with Crippen molar-refractivity contribution in [3.05, 3.63) is 149 Å². The molecule has 0 aliphatic heterocycles. The van der Waals surface area contributed by atoms with Gasteiger partial charge in [0.25, 0.3) is 0 Å². The molecule has 0 amide bonds. The zero-order valence-corrected chi connectivity index (χ0v) is 41.7. The Morgan fingerprint density at radius 1 is 0.806 bits per heavy atom. The Balaban J connectivity index is 0.000000223. The Morgan fingerprint density at radius 3 is 2.21 bits per heavy atom. The molecule has 0 bridgehead atoms. The van der Waals surface area contributed by atoms with E-state index in [4.69, 9.17) is 19.4 Å². The van der Waals surface area contributed by atoms with E-state index in [1.807, 2.05) is 18.2 Å². The van der Waals surface area contributed by atoms with Crippen molar-refractivity contribution >= 4 is 57.1 Å². The Bertz CT molecular complexity index is 3050. The molecule has 4 aromatic heterocycles. The predicted octanol–water partition coefficient (Wildman–Crippen LogP) is 14.2. The third kappa shape index (κ3) is 8.60. The SMILES string of the molecule is CCC(C)Cc1cc(-c2[c-]cccc2)ncc1[Si](C)(C)C.Cc1cc(C)c(-n2c(-c3[c-]cc(C)c4c3oc3nc(C(C)(C)C)ccc34)nc3ccc4ccccc4c32)c(C)c1.[Ir]. The van der Waals surface area contributed by atoms with E-state index in [0.717, 1.165) is 79.3 Å².